The van der Waals surface area contributed by atoms with Gasteiger partial charge in [-0.05, 0) is 43.2 Å². The van der Waals surface area contributed by atoms with Gasteiger partial charge in [0.05, 0.1) is 30.3 Å². The molecule has 1 amide bonds. The van der Waals surface area contributed by atoms with Crippen molar-refractivity contribution in [1.82, 2.24) is 9.83 Å². The molecule has 0 aliphatic carbocycles. The second-order valence-corrected chi connectivity index (χ2v) is 11.8. The van der Waals surface area contributed by atoms with E-state index in [0.29, 0.717) is 5.75 Å². The molecule has 0 saturated carbocycles. The fourth-order valence-electron chi connectivity index (χ4n) is 3.68. The molecule has 0 spiro atoms. The third-order valence-electron chi connectivity index (χ3n) is 5.14. The van der Waals surface area contributed by atoms with Crippen molar-refractivity contribution in [3.63, 3.8) is 0 Å². The summed E-state index contributed by atoms with van der Waals surface area (Å²) in [5.41, 5.74) is 2.24. The highest BCUT2D eigenvalue weighted by Crippen LogP contribution is 2.34. The fraction of sp³-hybridized carbons (Fsp3) is 0.304. The Hall–Kier alpha value is -3.38. The Morgan fingerprint density at radius 1 is 1.06 bits per heavy atom. The first-order valence-corrected chi connectivity index (χ1v) is 14.2. The number of sulfone groups is 2. The van der Waals surface area contributed by atoms with Gasteiger partial charge >= 0.3 is 0 Å². The molecule has 2 heterocycles. The Labute approximate surface area is 204 Å². The largest absolute Gasteiger partial charge is 0.507 e. The van der Waals surface area contributed by atoms with Gasteiger partial charge in [-0.15, -0.1) is 0 Å². The van der Waals surface area contributed by atoms with Crippen LogP contribution in [0.4, 0.5) is 0 Å². The molecule has 1 aromatic carbocycles. The molecule has 35 heavy (non-hydrogen) atoms. The molecule has 10 nitrogen and oxygen atoms in total. The van der Waals surface area contributed by atoms with Gasteiger partial charge in [-0.25, -0.2) is 22.3 Å². The van der Waals surface area contributed by atoms with Gasteiger partial charge < -0.3 is 14.2 Å². The Morgan fingerprint density at radius 2 is 1.71 bits per heavy atom. The summed E-state index contributed by atoms with van der Waals surface area (Å²) in [4.78, 5) is 12.3. The third-order valence-corrected chi connectivity index (χ3v) is 9.22. The van der Waals surface area contributed by atoms with E-state index in [4.69, 9.17) is 4.74 Å². The zero-order valence-corrected chi connectivity index (χ0v) is 21.2. The van der Waals surface area contributed by atoms with Gasteiger partial charge in [0.2, 0.25) is 0 Å². The maximum Gasteiger partial charge on any atom is 0.289 e. The van der Waals surface area contributed by atoms with Crippen LogP contribution in [0.1, 0.15) is 42.7 Å². The summed E-state index contributed by atoms with van der Waals surface area (Å²) in [5.74, 6) is -1.19. The zero-order chi connectivity index (χ0) is 25.8. The molecule has 12 heteroatoms. The average Bonchev–Trinajstić information content (AvgIpc) is 3.17. The zero-order valence-electron chi connectivity index (χ0n) is 19.6. The van der Waals surface area contributed by atoms with Crippen molar-refractivity contribution in [3.8, 4) is 11.5 Å². The van der Waals surface area contributed by atoms with Crippen molar-refractivity contribution >= 4 is 37.3 Å². The molecule has 2 aromatic heterocycles. The van der Waals surface area contributed by atoms with Crippen molar-refractivity contribution in [2.45, 2.75) is 36.5 Å². The van der Waals surface area contributed by atoms with E-state index in [1.165, 1.54) is 42.1 Å². The lowest BCUT2D eigenvalue weighted by Gasteiger charge is -2.09. The second kappa shape index (κ2) is 10.5. The summed E-state index contributed by atoms with van der Waals surface area (Å²) in [6, 6.07) is 9.02. The summed E-state index contributed by atoms with van der Waals surface area (Å²) in [6.07, 6.45) is 3.10. The Morgan fingerprint density at radius 3 is 2.34 bits per heavy atom. The molecule has 0 aliphatic heterocycles. The minimum Gasteiger partial charge on any atom is -0.507 e. The Kier molecular flexibility index (Phi) is 7.86. The van der Waals surface area contributed by atoms with Crippen LogP contribution in [-0.4, -0.2) is 57.1 Å². The number of phenols is 1. The fourth-order valence-corrected chi connectivity index (χ4v) is 7.66. The van der Waals surface area contributed by atoms with Crippen LogP contribution in [-0.2, 0) is 19.7 Å². The molecule has 3 rings (SSSR count). The van der Waals surface area contributed by atoms with Crippen LogP contribution in [0, 0.1) is 0 Å². The van der Waals surface area contributed by atoms with E-state index >= 15 is 0 Å². The number of rotatable bonds is 10. The standard InChI is InChI=1S/C23H27N3O7S2/c1-4-12-34(29,30)21-18-8-6-7-11-26(18)20(22(21)35(31,32)13-5-2)23(28)25-24-15-16-14-17(33-3)9-10-19(16)27/h6-11,14-15,27H,4-5,12-13H2,1-3H3,(H,25,28)/b24-15-. The minimum absolute atomic E-state index is 0.0928. The van der Waals surface area contributed by atoms with Crippen LogP contribution in [0.2, 0.25) is 0 Å². The summed E-state index contributed by atoms with van der Waals surface area (Å²) in [5, 5.41) is 13.8. The molecule has 0 saturated heterocycles. The highest BCUT2D eigenvalue weighted by atomic mass is 32.2. The molecule has 3 aromatic rings. The Bertz CT molecular complexity index is 1490. The molecule has 0 radical (unpaired) electrons. The number of carbonyl (C=O) groups is 1. The number of benzene rings is 1. The van der Waals surface area contributed by atoms with E-state index in [1.807, 2.05) is 0 Å². The molecular weight excluding hydrogens is 494 g/mol. The van der Waals surface area contributed by atoms with Gasteiger partial charge in [0, 0.05) is 11.8 Å². The first-order valence-electron chi connectivity index (χ1n) is 10.9. The van der Waals surface area contributed by atoms with E-state index in [-0.39, 0.29) is 51.8 Å². The van der Waals surface area contributed by atoms with Gasteiger partial charge in [0.15, 0.2) is 19.7 Å². The lowest BCUT2D eigenvalue weighted by atomic mass is 10.2. The molecular formula is C23H27N3O7S2. The highest BCUT2D eigenvalue weighted by Gasteiger charge is 2.36. The predicted molar refractivity (Wildman–Crippen MR) is 132 cm³/mol. The van der Waals surface area contributed by atoms with Crippen molar-refractivity contribution in [3.05, 3.63) is 53.9 Å². The SMILES string of the molecule is CCCS(=O)(=O)c1c(S(=O)(=O)CCC)c2ccccn2c1C(=O)N/N=C\c1cc(OC)ccc1O. The van der Waals surface area contributed by atoms with Crippen molar-refractivity contribution in [2.24, 2.45) is 5.10 Å². The number of hydrogen-bond donors (Lipinski definition) is 2. The molecule has 0 atom stereocenters. The number of aromatic nitrogens is 1. The van der Waals surface area contributed by atoms with E-state index in [2.05, 4.69) is 10.5 Å². The minimum atomic E-state index is -4.14. The lowest BCUT2D eigenvalue weighted by molar-refractivity contribution is 0.0945. The summed E-state index contributed by atoms with van der Waals surface area (Å²) < 4.78 is 59.2. The van der Waals surface area contributed by atoms with Crippen LogP contribution in [0.3, 0.4) is 0 Å². The molecule has 0 fully saturated rings. The molecule has 0 unspecified atom stereocenters. The number of methoxy groups -OCH3 is 1. The average molecular weight is 522 g/mol. The maximum atomic E-state index is 13.3. The Balaban J connectivity index is 2.18. The molecule has 2 N–H and O–H groups in total. The second-order valence-electron chi connectivity index (χ2n) is 7.72. The summed E-state index contributed by atoms with van der Waals surface area (Å²) in [7, 11) is -6.71. The number of phenolic OH excluding ortho intramolecular Hbond substituents is 1. The lowest BCUT2D eigenvalue weighted by Crippen LogP contribution is -2.23. The van der Waals surface area contributed by atoms with E-state index in [1.54, 1.807) is 32.0 Å². The van der Waals surface area contributed by atoms with E-state index in [0.717, 1.165) is 0 Å². The van der Waals surface area contributed by atoms with Gasteiger partial charge in [-0.3, -0.25) is 4.79 Å². The van der Waals surface area contributed by atoms with Crippen LogP contribution < -0.4 is 10.2 Å². The van der Waals surface area contributed by atoms with Gasteiger partial charge in [0.1, 0.15) is 27.0 Å². The summed E-state index contributed by atoms with van der Waals surface area (Å²) in [6.45, 7) is 3.32. The number of hydrogen-bond acceptors (Lipinski definition) is 8. The number of amides is 1. The van der Waals surface area contributed by atoms with Crippen molar-refractivity contribution in [2.75, 3.05) is 18.6 Å². The topological polar surface area (TPSA) is 144 Å². The normalized spacial score (nSPS) is 12.3. The highest BCUT2D eigenvalue weighted by molar-refractivity contribution is 7.94. The van der Waals surface area contributed by atoms with E-state index in [9.17, 15) is 26.7 Å². The maximum absolute atomic E-state index is 13.3. The molecule has 188 valence electrons. The molecule has 0 bridgehead atoms. The first kappa shape index (κ1) is 26.2. The number of carbonyl (C=O) groups excluding carboxylic acids is 1. The van der Waals surface area contributed by atoms with Crippen LogP contribution in [0.5, 0.6) is 11.5 Å². The van der Waals surface area contributed by atoms with E-state index < -0.39 is 30.5 Å². The number of hydrazone groups is 1. The van der Waals surface area contributed by atoms with Crippen LogP contribution in [0.25, 0.3) is 5.52 Å². The number of nitrogens with zero attached hydrogens (tertiary/aromatic N) is 2. The van der Waals surface area contributed by atoms with Gasteiger partial charge in [0.25, 0.3) is 5.91 Å². The third kappa shape index (κ3) is 5.33. The summed E-state index contributed by atoms with van der Waals surface area (Å²) >= 11 is 0. The van der Waals surface area contributed by atoms with Crippen LogP contribution in [0.15, 0.2) is 57.5 Å². The molecule has 0 aliphatic rings. The smallest absolute Gasteiger partial charge is 0.289 e. The van der Waals surface area contributed by atoms with Crippen molar-refractivity contribution in [1.29, 1.82) is 0 Å². The number of fused-ring (bicyclic) bond motifs is 1. The number of ether oxygens (including phenoxy) is 1. The monoisotopic (exact) mass is 521 g/mol. The van der Waals surface area contributed by atoms with Gasteiger partial charge in [-0.2, -0.15) is 5.10 Å². The van der Waals surface area contributed by atoms with Crippen LogP contribution >= 0.6 is 0 Å². The number of nitrogens with one attached hydrogen (secondary N) is 1. The quantitative estimate of drug-likeness (QED) is 0.308. The predicted octanol–water partition coefficient (Wildman–Crippen LogP) is 2.78. The number of pyridine rings is 1. The first-order chi connectivity index (χ1) is 16.6. The van der Waals surface area contributed by atoms with Crippen molar-refractivity contribution < 1.29 is 31.5 Å². The number of aromatic hydroxyl groups is 1. The van der Waals surface area contributed by atoms with Gasteiger partial charge in [-0.1, -0.05) is 19.9 Å².